The summed E-state index contributed by atoms with van der Waals surface area (Å²) in [4.78, 5) is 10.7. The molecule has 0 radical (unpaired) electrons. The molecule has 3 heteroatoms. The summed E-state index contributed by atoms with van der Waals surface area (Å²) in [5.74, 6) is -0.814. The zero-order chi connectivity index (χ0) is 10.9. The van der Waals surface area contributed by atoms with Crippen LogP contribution >= 0.6 is 0 Å². The number of carbonyl (C=O) groups is 1. The van der Waals surface area contributed by atoms with Crippen molar-refractivity contribution in [2.75, 3.05) is 0 Å². The predicted octanol–water partition coefficient (Wildman–Crippen LogP) is 3.14. The van der Waals surface area contributed by atoms with Crippen molar-refractivity contribution in [3.63, 3.8) is 0 Å². The molecule has 0 aromatic heterocycles. The second-order valence-corrected chi connectivity index (χ2v) is 10.9. The molecule has 13 heavy (non-hydrogen) atoms. The zero-order valence-electron chi connectivity index (χ0n) is 9.43. The molecule has 0 amide bonds. The highest BCUT2D eigenvalue weighted by Gasteiger charge is 2.33. The second-order valence-electron chi connectivity index (χ2n) is 5.10. The van der Waals surface area contributed by atoms with E-state index in [0.29, 0.717) is 5.57 Å². The van der Waals surface area contributed by atoms with Crippen LogP contribution in [0.4, 0.5) is 0 Å². The van der Waals surface area contributed by atoms with E-state index in [-0.39, 0.29) is 5.04 Å². The van der Waals surface area contributed by atoms with Crippen molar-refractivity contribution in [1.82, 2.24) is 0 Å². The summed E-state index contributed by atoms with van der Waals surface area (Å²) in [6.45, 7) is 12.6. The first kappa shape index (κ1) is 12.4. The molecule has 0 aliphatic carbocycles. The summed E-state index contributed by atoms with van der Waals surface area (Å²) in [5.41, 5.74) is 0.451. The van der Waals surface area contributed by atoms with Gasteiger partial charge in [-0.3, -0.25) is 0 Å². The summed E-state index contributed by atoms with van der Waals surface area (Å²) < 4.78 is 0. The molecule has 0 saturated heterocycles. The molecule has 0 rings (SSSR count). The van der Waals surface area contributed by atoms with Crippen LogP contribution in [-0.2, 0) is 4.79 Å². The third-order valence-electron chi connectivity index (χ3n) is 2.85. The van der Waals surface area contributed by atoms with E-state index in [9.17, 15) is 4.79 Å². The summed E-state index contributed by atoms with van der Waals surface area (Å²) >= 11 is 0. The Hall–Kier alpha value is -0.573. The Bertz CT molecular complexity index is 234. The van der Waals surface area contributed by atoms with E-state index in [4.69, 9.17) is 5.11 Å². The second kappa shape index (κ2) is 3.66. The van der Waals surface area contributed by atoms with Crippen LogP contribution in [0.3, 0.4) is 0 Å². The van der Waals surface area contributed by atoms with E-state index in [1.807, 2.05) is 6.08 Å². The maximum absolute atomic E-state index is 10.7. The fraction of sp³-hybridized carbons (Fsp3) is 0.700. The third-order valence-corrected chi connectivity index (χ3v) is 6.86. The molecule has 0 unspecified atom stereocenters. The largest absolute Gasteiger partial charge is 0.478 e. The van der Waals surface area contributed by atoms with E-state index >= 15 is 0 Å². The summed E-state index contributed by atoms with van der Waals surface area (Å²) in [6, 6.07) is 0. The first-order chi connectivity index (χ1) is 5.58. The molecular weight excluding hydrogens is 180 g/mol. The quantitative estimate of drug-likeness (QED) is 0.561. The van der Waals surface area contributed by atoms with Gasteiger partial charge >= 0.3 is 5.97 Å². The van der Waals surface area contributed by atoms with Crippen LogP contribution in [0.2, 0.25) is 24.7 Å². The number of hydrogen-bond acceptors (Lipinski definition) is 1. The van der Waals surface area contributed by atoms with Crippen LogP contribution in [-0.4, -0.2) is 19.1 Å². The van der Waals surface area contributed by atoms with Crippen molar-refractivity contribution in [1.29, 1.82) is 0 Å². The average molecular weight is 200 g/mol. The van der Waals surface area contributed by atoms with E-state index in [1.54, 1.807) is 6.92 Å². The van der Waals surface area contributed by atoms with Gasteiger partial charge in [-0.05, 0) is 12.0 Å². The Labute approximate surface area is 81.7 Å². The average Bonchev–Trinajstić information content (AvgIpc) is 1.83. The smallest absolute Gasteiger partial charge is 0.330 e. The van der Waals surface area contributed by atoms with Crippen LogP contribution < -0.4 is 0 Å². The minimum Gasteiger partial charge on any atom is -0.478 e. The summed E-state index contributed by atoms with van der Waals surface area (Å²) in [7, 11) is -1.33. The van der Waals surface area contributed by atoms with Crippen LogP contribution in [0.5, 0.6) is 0 Å². The molecule has 0 bridgehead atoms. The Morgan fingerprint density at radius 3 is 1.92 bits per heavy atom. The standard InChI is InChI=1S/C10H20O2Si/c1-8(9(11)12)7-10(2,3)13(4,5)6/h7H,1-6H3,(H,11,12). The molecule has 0 aliphatic heterocycles. The molecule has 76 valence electrons. The molecule has 0 aliphatic rings. The molecule has 0 aromatic carbocycles. The fourth-order valence-corrected chi connectivity index (χ4v) is 1.47. The van der Waals surface area contributed by atoms with Crippen molar-refractivity contribution in [3.05, 3.63) is 11.6 Å². The van der Waals surface area contributed by atoms with Gasteiger partial charge in [0.05, 0.1) is 8.07 Å². The van der Waals surface area contributed by atoms with E-state index < -0.39 is 14.0 Å². The van der Waals surface area contributed by atoms with Gasteiger partial charge in [0.25, 0.3) is 0 Å². The maximum Gasteiger partial charge on any atom is 0.330 e. The number of rotatable bonds is 3. The van der Waals surface area contributed by atoms with E-state index in [2.05, 4.69) is 33.5 Å². The van der Waals surface area contributed by atoms with Crippen LogP contribution in [0, 0.1) is 0 Å². The van der Waals surface area contributed by atoms with Crippen molar-refractivity contribution in [3.8, 4) is 0 Å². The van der Waals surface area contributed by atoms with Crippen LogP contribution in [0.25, 0.3) is 0 Å². The lowest BCUT2D eigenvalue weighted by molar-refractivity contribution is -0.132. The zero-order valence-corrected chi connectivity index (χ0v) is 10.4. The van der Waals surface area contributed by atoms with Gasteiger partial charge < -0.3 is 5.11 Å². The van der Waals surface area contributed by atoms with E-state index in [0.717, 1.165) is 0 Å². The van der Waals surface area contributed by atoms with Crippen LogP contribution in [0.1, 0.15) is 20.8 Å². The molecule has 0 heterocycles. The number of aliphatic carboxylic acids is 1. The Morgan fingerprint density at radius 1 is 1.31 bits per heavy atom. The molecule has 1 N–H and O–H groups in total. The van der Waals surface area contributed by atoms with Gasteiger partial charge in [-0.2, -0.15) is 0 Å². The van der Waals surface area contributed by atoms with Crippen LogP contribution in [0.15, 0.2) is 11.6 Å². The first-order valence-electron chi connectivity index (χ1n) is 4.51. The highest BCUT2D eigenvalue weighted by Crippen LogP contribution is 2.39. The molecule has 2 nitrogen and oxygen atoms in total. The third kappa shape index (κ3) is 3.34. The topological polar surface area (TPSA) is 37.3 Å². The number of allylic oxidation sites excluding steroid dienone is 1. The predicted molar refractivity (Wildman–Crippen MR) is 58.8 cm³/mol. The monoisotopic (exact) mass is 200 g/mol. The van der Waals surface area contributed by atoms with Crippen molar-refractivity contribution >= 4 is 14.0 Å². The minimum atomic E-state index is -1.33. The van der Waals surface area contributed by atoms with Gasteiger partial charge in [-0.25, -0.2) is 4.79 Å². The highest BCUT2D eigenvalue weighted by atomic mass is 28.3. The first-order valence-corrected chi connectivity index (χ1v) is 8.01. The van der Waals surface area contributed by atoms with Gasteiger partial charge in [0, 0.05) is 5.57 Å². The lowest BCUT2D eigenvalue weighted by Gasteiger charge is -2.34. The highest BCUT2D eigenvalue weighted by molar-refractivity contribution is 6.79. The van der Waals surface area contributed by atoms with Gasteiger partial charge in [-0.1, -0.05) is 39.6 Å². The lowest BCUT2D eigenvalue weighted by Crippen LogP contribution is -2.34. The molecule has 0 aromatic rings. The van der Waals surface area contributed by atoms with E-state index in [1.165, 1.54) is 0 Å². The Morgan fingerprint density at radius 2 is 1.69 bits per heavy atom. The fourth-order valence-electron chi connectivity index (χ4n) is 0.820. The van der Waals surface area contributed by atoms with Gasteiger partial charge in [0.15, 0.2) is 0 Å². The number of carboxylic acids is 1. The maximum atomic E-state index is 10.7. The molecule has 0 saturated carbocycles. The van der Waals surface area contributed by atoms with Gasteiger partial charge in [0.1, 0.15) is 0 Å². The molecule has 0 spiro atoms. The summed E-state index contributed by atoms with van der Waals surface area (Å²) in [6.07, 6.45) is 1.89. The SMILES string of the molecule is CC(=CC(C)(C)[Si](C)(C)C)C(=O)O. The van der Waals surface area contributed by atoms with Crippen molar-refractivity contribution in [2.45, 2.75) is 45.5 Å². The Balaban J connectivity index is 4.89. The van der Waals surface area contributed by atoms with Crippen molar-refractivity contribution < 1.29 is 9.90 Å². The number of hydrogen-bond donors (Lipinski definition) is 1. The molecular formula is C10H20O2Si. The van der Waals surface area contributed by atoms with Gasteiger partial charge in [0.2, 0.25) is 0 Å². The van der Waals surface area contributed by atoms with Crippen molar-refractivity contribution in [2.24, 2.45) is 0 Å². The molecule has 0 atom stereocenters. The normalized spacial score (nSPS) is 14.5. The minimum absolute atomic E-state index is 0.0372. The summed E-state index contributed by atoms with van der Waals surface area (Å²) in [5, 5.41) is 8.80. The lowest BCUT2D eigenvalue weighted by atomic mass is 10.1. The molecule has 0 fully saturated rings. The number of carboxylic acid groups (broad SMARTS) is 1. The van der Waals surface area contributed by atoms with Gasteiger partial charge in [-0.15, -0.1) is 0 Å². The Kier molecular flexibility index (Phi) is 3.50.